The molecule has 2 nitrogen and oxygen atoms in total. The third-order valence-corrected chi connectivity index (χ3v) is 3.55. The first-order valence-corrected chi connectivity index (χ1v) is 6.59. The van der Waals surface area contributed by atoms with Crippen molar-refractivity contribution in [2.24, 2.45) is 5.73 Å². The Kier molecular flexibility index (Phi) is 3.38. The van der Waals surface area contributed by atoms with Gasteiger partial charge in [-0.15, -0.1) is 0 Å². The van der Waals surface area contributed by atoms with Crippen LogP contribution in [0.25, 0.3) is 10.9 Å². The summed E-state index contributed by atoms with van der Waals surface area (Å²) in [5.74, 6) is -0.397. The molecule has 1 heterocycles. The van der Waals surface area contributed by atoms with Crippen LogP contribution in [0.4, 0.5) is 4.39 Å². The van der Waals surface area contributed by atoms with E-state index in [1.807, 2.05) is 30.3 Å². The lowest BCUT2D eigenvalue weighted by Gasteiger charge is -2.15. The zero-order valence-electron chi connectivity index (χ0n) is 10.6. The molecule has 3 aromatic rings. The Bertz CT molecular complexity index is 768. The SMILES string of the molecule is NC(c1ccc(Cl)cc1F)c1ccnc2ccccc12. The predicted octanol–water partition coefficient (Wildman–Crippen LogP) is 4.08. The molecule has 1 atom stereocenters. The molecule has 0 aliphatic heterocycles. The summed E-state index contributed by atoms with van der Waals surface area (Å²) in [5, 5.41) is 1.29. The minimum Gasteiger partial charge on any atom is -0.320 e. The van der Waals surface area contributed by atoms with Crippen molar-refractivity contribution < 1.29 is 4.39 Å². The summed E-state index contributed by atoms with van der Waals surface area (Å²) in [4.78, 5) is 4.28. The maximum Gasteiger partial charge on any atom is 0.129 e. The van der Waals surface area contributed by atoms with Gasteiger partial charge in [-0.3, -0.25) is 4.98 Å². The first-order chi connectivity index (χ1) is 9.66. The average molecular weight is 287 g/mol. The molecule has 0 saturated carbocycles. The lowest BCUT2D eigenvalue weighted by Crippen LogP contribution is -2.14. The second kappa shape index (κ2) is 5.19. The molecule has 3 rings (SSSR count). The number of nitrogens with zero attached hydrogens (tertiary/aromatic N) is 1. The Morgan fingerprint density at radius 3 is 2.65 bits per heavy atom. The third-order valence-electron chi connectivity index (χ3n) is 3.32. The topological polar surface area (TPSA) is 38.9 Å². The number of benzene rings is 2. The van der Waals surface area contributed by atoms with Crippen molar-refractivity contribution in [2.45, 2.75) is 6.04 Å². The number of fused-ring (bicyclic) bond motifs is 1. The van der Waals surface area contributed by atoms with Crippen LogP contribution in [0.5, 0.6) is 0 Å². The van der Waals surface area contributed by atoms with Crippen LogP contribution in [0.3, 0.4) is 0 Å². The normalized spacial score (nSPS) is 12.6. The van der Waals surface area contributed by atoms with Crippen LogP contribution in [0.15, 0.2) is 54.7 Å². The molecule has 0 spiro atoms. The molecule has 2 N–H and O–H groups in total. The van der Waals surface area contributed by atoms with Gasteiger partial charge in [0.05, 0.1) is 11.6 Å². The van der Waals surface area contributed by atoms with Crippen LogP contribution in [-0.4, -0.2) is 4.98 Å². The Hall–Kier alpha value is -1.97. The number of aromatic nitrogens is 1. The summed E-state index contributed by atoms with van der Waals surface area (Å²) in [6.07, 6.45) is 1.69. The summed E-state index contributed by atoms with van der Waals surface area (Å²) in [5.41, 5.74) is 8.33. The summed E-state index contributed by atoms with van der Waals surface area (Å²) >= 11 is 5.77. The van der Waals surface area contributed by atoms with Gasteiger partial charge < -0.3 is 5.73 Å². The van der Waals surface area contributed by atoms with E-state index in [1.54, 1.807) is 18.3 Å². The number of para-hydroxylation sites is 1. The van der Waals surface area contributed by atoms with Gasteiger partial charge in [-0.2, -0.15) is 0 Å². The highest BCUT2D eigenvalue weighted by atomic mass is 35.5. The molecule has 2 aromatic carbocycles. The highest BCUT2D eigenvalue weighted by Crippen LogP contribution is 2.28. The van der Waals surface area contributed by atoms with Gasteiger partial charge in [0.15, 0.2) is 0 Å². The Morgan fingerprint density at radius 2 is 1.85 bits per heavy atom. The maximum absolute atomic E-state index is 14.0. The van der Waals surface area contributed by atoms with E-state index in [4.69, 9.17) is 17.3 Å². The quantitative estimate of drug-likeness (QED) is 0.771. The smallest absolute Gasteiger partial charge is 0.129 e. The molecule has 1 aromatic heterocycles. The second-order valence-electron chi connectivity index (χ2n) is 4.56. The monoisotopic (exact) mass is 286 g/mol. The van der Waals surface area contributed by atoms with Crippen LogP contribution in [0.2, 0.25) is 5.02 Å². The summed E-state index contributed by atoms with van der Waals surface area (Å²) in [7, 11) is 0. The van der Waals surface area contributed by atoms with Gasteiger partial charge in [0.1, 0.15) is 5.82 Å². The van der Waals surface area contributed by atoms with Crippen molar-refractivity contribution in [3.05, 3.63) is 76.7 Å². The van der Waals surface area contributed by atoms with Crippen molar-refractivity contribution >= 4 is 22.5 Å². The van der Waals surface area contributed by atoms with Crippen LogP contribution < -0.4 is 5.73 Å². The molecule has 0 fully saturated rings. The molecule has 100 valence electrons. The van der Waals surface area contributed by atoms with Crippen molar-refractivity contribution in [3.8, 4) is 0 Å². The number of nitrogens with two attached hydrogens (primary N) is 1. The van der Waals surface area contributed by atoms with Gasteiger partial charge in [0.25, 0.3) is 0 Å². The number of halogens is 2. The molecule has 0 bridgehead atoms. The van der Waals surface area contributed by atoms with Gasteiger partial charge in [0.2, 0.25) is 0 Å². The second-order valence-corrected chi connectivity index (χ2v) is 5.00. The van der Waals surface area contributed by atoms with Gasteiger partial charge in [-0.1, -0.05) is 35.9 Å². The van der Waals surface area contributed by atoms with E-state index in [2.05, 4.69) is 4.98 Å². The molecular weight excluding hydrogens is 275 g/mol. The van der Waals surface area contributed by atoms with Gasteiger partial charge in [0, 0.05) is 22.2 Å². The Labute approximate surface area is 121 Å². The summed E-state index contributed by atoms with van der Waals surface area (Å²) < 4.78 is 14.0. The van der Waals surface area contributed by atoms with E-state index >= 15 is 0 Å². The molecule has 0 aliphatic carbocycles. The lowest BCUT2D eigenvalue weighted by atomic mass is 9.96. The lowest BCUT2D eigenvalue weighted by molar-refractivity contribution is 0.600. The van der Waals surface area contributed by atoms with Gasteiger partial charge in [-0.25, -0.2) is 4.39 Å². The van der Waals surface area contributed by atoms with Gasteiger partial charge >= 0.3 is 0 Å². The van der Waals surface area contributed by atoms with Crippen LogP contribution in [0.1, 0.15) is 17.2 Å². The van der Waals surface area contributed by atoms with Crippen molar-refractivity contribution in [1.29, 1.82) is 0 Å². The van der Waals surface area contributed by atoms with E-state index in [1.165, 1.54) is 6.07 Å². The van der Waals surface area contributed by atoms with Crippen molar-refractivity contribution in [1.82, 2.24) is 4.98 Å². The van der Waals surface area contributed by atoms with Gasteiger partial charge in [-0.05, 0) is 29.8 Å². The van der Waals surface area contributed by atoms with Crippen molar-refractivity contribution in [2.75, 3.05) is 0 Å². The number of hydrogen-bond acceptors (Lipinski definition) is 2. The minimum absolute atomic E-state index is 0.359. The Morgan fingerprint density at radius 1 is 1.05 bits per heavy atom. The zero-order chi connectivity index (χ0) is 14.1. The molecule has 20 heavy (non-hydrogen) atoms. The van der Waals surface area contributed by atoms with E-state index in [0.717, 1.165) is 16.5 Å². The van der Waals surface area contributed by atoms with E-state index in [0.29, 0.717) is 10.6 Å². The Balaban J connectivity index is 2.15. The summed E-state index contributed by atoms with van der Waals surface area (Å²) in [6.45, 7) is 0. The van der Waals surface area contributed by atoms with Crippen molar-refractivity contribution in [3.63, 3.8) is 0 Å². The fourth-order valence-corrected chi connectivity index (χ4v) is 2.47. The maximum atomic E-state index is 14.0. The molecule has 0 amide bonds. The van der Waals surface area contributed by atoms with E-state index in [-0.39, 0.29) is 0 Å². The standard InChI is InChI=1S/C16H12ClFN2/c17-10-5-6-13(14(18)9-10)16(19)12-7-8-20-15-4-2-1-3-11(12)15/h1-9,16H,19H2. The zero-order valence-corrected chi connectivity index (χ0v) is 11.3. The molecular formula is C16H12ClFN2. The first-order valence-electron chi connectivity index (χ1n) is 6.21. The number of pyridine rings is 1. The average Bonchev–Trinajstić information content (AvgIpc) is 2.46. The largest absolute Gasteiger partial charge is 0.320 e. The highest BCUT2D eigenvalue weighted by molar-refractivity contribution is 6.30. The van der Waals surface area contributed by atoms with Crippen LogP contribution >= 0.6 is 11.6 Å². The molecule has 0 aliphatic rings. The van der Waals surface area contributed by atoms with Crippen LogP contribution in [-0.2, 0) is 0 Å². The summed E-state index contributed by atoms with van der Waals surface area (Å²) in [6, 6.07) is 13.5. The first kappa shape index (κ1) is 13.0. The van der Waals surface area contributed by atoms with Crippen LogP contribution in [0, 0.1) is 5.82 Å². The molecule has 4 heteroatoms. The fourth-order valence-electron chi connectivity index (χ4n) is 2.31. The molecule has 1 unspecified atom stereocenters. The third kappa shape index (κ3) is 2.26. The molecule has 0 saturated heterocycles. The number of rotatable bonds is 2. The highest BCUT2D eigenvalue weighted by Gasteiger charge is 2.16. The minimum atomic E-state index is -0.555. The van der Waals surface area contributed by atoms with E-state index < -0.39 is 11.9 Å². The molecule has 0 radical (unpaired) electrons. The fraction of sp³-hybridized carbons (Fsp3) is 0.0625. The van der Waals surface area contributed by atoms with E-state index in [9.17, 15) is 4.39 Å². The number of hydrogen-bond donors (Lipinski definition) is 1. The predicted molar refractivity (Wildman–Crippen MR) is 79.2 cm³/mol.